The SMILES string of the molecule is COc1ccc(C2N=c3ccccc3=C3C(=O)NC(SCc4ccccc4Cl)=NN32)cc1. The summed E-state index contributed by atoms with van der Waals surface area (Å²) in [5.41, 5.74) is 2.37. The molecule has 160 valence electrons. The minimum atomic E-state index is -0.465. The van der Waals surface area contributed by atoms with Gasteiger partial charge < -0.3 is 4.74 Å². The molecule has 5 rings (SSSR count). The van der Waals surface area contributed by atoms with E-state index < -0.39 is 6.17 Å². The minimum absolute atomic E-state index is 0.206. The lowest BCUT2D eigenvalue weighted by Crippen LogP contribution is -2.50. The molecule has 6 nitrogen and oxygen atoms in total. The van der Waals surface area contributed by atoms with Gasteiger partial charge in [0.25, 0.3) is 5.91 Å². The predicted molar refractivity (Wildman–Crippen MR) is 127 cm³/mol. The number of nitrogens with one attached hydrogen (secondary N) is 1. The quantitative estimate of drug-likeness (QED) is 0.645. The zero-order valence-corrected chi connectivity index (χ0v) is 18.7. The highest BCUT2D eigenvalue weighted by Gasteiger charge is 2.34. The second-order valence-electron chi connectivity index (χ2n) is 7.23. The summed E-state index contributed by atoms with van der Waals surface area (Å²) in [7, 11) is 1.63. The fourth-order valence-corrected chi connectivity index (χ4v) is 4.78. The second kappa shape index (κ2) is 8.68. The highest BCUT2D eigenvalue weighted by atomic mass is 35.5. The molecule has 0 aliphatic carbocycles. The van der Waals surface area contributed by atoms with Gasteiger partial charge in [0.05, 0.1) is 12.5 Å². The average Bonchev–Trinajstić information content (AvgIpc) is 2.83. The smallest absolute Gasteiger partial charge is 0.276 e. The fourth-order valence-electron chi connectivity index (χ4n) is 3.65. The summed E-state index contributed by atoms with van der Waals surface area (Å²) in [6.45, 7) is 0. The Balaban J connectivity index is 1.55. The number of carbonyl (C=O) groups excluding carboxylic acids is 1. The number of benzene rings is 3. The van der Waals surface area contributed by atoms with Crippen LogP contribution >= 0.6 is 23.4 Å². The van der Waals surface area contributed by atoms with Crippen molar-refractivity contribution in [3.63, 3.8) is 0 Å². The van der Waals surface area contributed by atoms with Crippen LogP contribution in [-0.4, -0.2) is 23.2 Å². The van der Waals surface area contributed by atoms with Crippen LogP contribution in [0.2, 0.25) is 5.02 Å². The van der Waals surface area contributed by atoms with Crippen LogP contribution in [0, 0.1) is 0 Å². The molecule has 1 N–H and O–H groups in total. The van der Waals surface area contributed by atoms with Crippen molar-refractivity contribution in [2.45, 2.75) is 11.9 Å². The molecule has 0 saturated carbocycles. The number of ether oxygens (including phenoxy) is 1. The Morgan fingerprint density at radius 2 is 1.81 bits per heavy atom. The van der Waals surface area contributed by atoms with Crippen molar-refractivity contribution in [3.8, 4) is 5.75 Å². The molecule has 0 spiro atoms. The molecule has 32 heavy (non-hydrogen) atoms. The lowest BCUT2D eigenvalue weighted by Gasteiger charge is -2.34. The van der Waals surface area contributed by atoms with Crippen molar-refractivity contribution in [3.05, 3.63) is 99.5 Å². The van der Waals surface area contributed by atoms with E-state index in [1.54, 1.807) is 12.1 Å². The van der Waals surface area contributed by atoms with E-state index in [1.165, 1.54) is 11.8 Å². The standard InChI is InChI=1S/C24H19ClN4O2S/c1-31-17-12-10-15(11-13-17)22-26-20-9-5-3-7-18(20)21-23(30)27-24(28-29(21)22)32-14-16-6-2-4-8-19(16)25/h2-13,22H,14H2,1H3,(H,27,28,30). The van der Waals surface area contributed by atoms with Gasteiger partial charge in [-0.2, -0.15) is 0 Å². The van der Waals surface area contributed by atoms with Crippen LogP contribution in [0.1, 0.15) is 17.3 Å². The van der Waals surface area contributed by atoms with Gasteiger partial charge >= 0.3 is 0 Å². The molecule has 8 heteroatoms. The number of nitrogens with zero attached hydrogens (tertiary/aromatic N) is 3. The van der Waals surface area contributed by atoms with Gasteiger partial charge in [0.2, 0.25) is 0 Å². The van der Waals surface area contributed by atoms with Crippen molar-refractivity contribution >= 4 is 40.1 Å². The highest BCUT2D eigenvalue weighted by Crippen LogP contribution is 2.32. The number of hydrazone groups is 1. The van der Waals surface area contributed by atoms with Crippen LogP contribution in [0.15, 0.2) is 82.9 Å². The number of hydrogen-bond acceptors (Lipinski definition) is 6. The van der Waals surface area contributed by atoms with Gasteiger partial charge in [-0.15, -0.1) is 5.10 Å². The number of fused-ring (bicyclic) bond motifs is 2. The third-order valence-corrected chi connectivity index (χ3v) is 6.53. The number of amides is 1. The molecular formula is C24H19ClN4O2S. The van der Waals surface area contributed by atoms with Crippen molar-refractivity contribution in [1.29, 1.82) is 0 Å². The summed E-state index contributed by atoms with van der Waals surface area (Å²) in [5.74, 6) is 1.13. The Hall–Kier alpha value is -3.29. The van der Waals surface area contributed by atoms with Crippen LogP contribution in [-0.2, 0) is 10.5 Å². The topological polar surface area (TPSA) is 66.3 Å². The summed E-state index contributed by atoms with van der Waals surface area (Å²) in [6, 6.07) is 22.9. The number of thioether (sulfide) groups is 1. The zero-order valence-electron chi connectivity index (χ0n) is 17.2. The number of halogens is 1. The maximum atomic E-state index is 13.2. The molecule has 3 aromatic rings. The number of amidine groups is 1. The van der Waals surface area contributed by atoms with E-state index in [0.29, 0.717) is 21.6 Å². The first kappa shape index (κ1) is 20.6. The summed E-state index contributed by atoms with van der Waals surface area (Å²) >= 11 is 7.71. The van der Waals surface area contributed by atoms with E-state index in [2.05, 4.69) is 5.32 Å². The van der Waals surface area contributed by atoms with Crippen LogP contribution < -0.4 is 20.6 Å². The minimum Gasteiger partial charge on any atom is -0.497 e. The van der Waals surface area contributed by atoms with Crippen molar-refractivity contribution < 1.29 is 9.53 Å². The highest BCUT2D eigenvalue weighted by molar-refractivity contribution is 8.13. The molecule has 0 fully saturated rings. The molecule has 3 aromatic carbocycles. The second-order valence-corrected chi connectivity index (χ2v) is 8.60. The molecule has 0 aromatic heterocycles. The Morgan fingerprint density at radius 1 is 1.06 bits per heavy atom. The number of hydrogen-bond donors (Lipinski definition) is 1. The van der Waals surface area contributed by atoms with Crippen molar-refractivity contribution in [2.75, 3.05) is 7.11 Å². The van der Waals surface area contributed by atoms with E-state index in [1.807, 2.05) is 72.8 Å². The maximum Gasteiger partial charge on any atom is 0.276 e. The third-order valence-electron chi connectivity index (χ3n) is 5.25. The molecule has 0 saturated heterocycles. The van der Waals surface area contributed by atoms with Gasteiger partial charge in [0, 0.05) is 16.0 Å². The van der Waals surface area contributed by atoms with Gasteiger partial charge in [-0.1, -0.05) is 71.9 Å². The first-order valence-electron chi connectivity index (χ1n) is 10.0. The van der Waals surface area contributed by atoms with Gasteiger partial charge in [-0.05, 0) is 35.4 Å². The zero-order chi connectivity index (χ0) is 22.1. The molecule has 0 bridgehead atoms. The van der Waals surface area contributed by atoms with Gasteiger partial charge in [0.1, 0.15) is 11.4 Å². The summed E-state index contributed by atoms with van der Waals surface area (Å²) in [6.07, 6.45) is -0.465. The number of carbonyl (C=O) groups is 1. The number of rotatable bonds is 4. The first-order chi connectivity index (χ1) is 15.6. The molecule has 1 unspecified atom stereocenters. The molecule has 2 aliphatic heterocycles. The largest absolute Gasteiger partial charge is 0.497 e. The molecular weight excluding hydrogens is 444 g/mol. The first-order valence-corrected chi connectivity index (χ1v) is 11.4. The molecule has 1 atom stereocenters. The van der Waals surface area contributed by atoms with E-state index in [0.717, 1.165) is 27.5 Å². The van der Waals surface area contributed by atoms with Crippen LogP contribution in [0.4, 0.5) is 0 Å². The van der Waals surface area contributed by atoms with Gasteiger partial charge in [-0.25, -0.2) is 5.01 Å². The Kier molecular flexibility index (Phi) is 5.59. The Morgan fingerprint density at radius 3 is 2.59 bits per heavy atom. The van der Waals surface area contributed by atoms with Gasteiger partial charge in [0.15, 0.2) is 11.3 Å². The van der Waals surface area contributed by atoms with E-state index in [-0.39, 0.29) is 5.91 Å². The Labute approximate surface area is 194 Å². The van der Waals surface area contributed by atoms with Crippen LogP contribution in [0.3, 0.4) is 0 Å². The fraction of sp³-hybridized carbons (Fsp3) is 0.125. The molecule has 0 radical (unpaired) electrons. The lowest BCUT2D eigenvalue weighted by atomic mass is 10.1. The summed E-state index contributed by atoms with van der Waals surface area (Å²) in [5, 5.41) is 12.1. The van der Waals surface area contributed by atoms with Crippen LogP contribution in [0.25, 0.3) is 5.70 Å². The van der Waals surface area contributed by atoms with E-state index >= 15 is 0 Å². The van der Waals surface area contributed by atoms with Crippen LogP contribution in [0.5, 0.6) is 5.75 Å². The summed E-state index contributed by atoms with van der Waals surface area (Å²) < 4.78 is 5.28. The maximum absolute atomic E-state index is 13.2. The van der Waals surface area contributed by atoms with Crippen molar-refractivity contribution in [2.24, 2.45) is 10.1 Å². The molecule has 1 amide bonds. The lowest BCUT2D eigenvalue weighted by molar-refractivity contribution is -0.116. The number of methoxy groups -OCH3 is 1. The monoisotopic (exact) mass is 462 g/mol. The van der Waals surface area contributed by atoms with Gasteiger partial charge in [-0.3, -0.25) is 15.1 Å². The van der Waals surface area contributed by atoms with Crippen molar-refractivity contribution in [1.82, 2.24) is 10.3 Å². The Bertz CT molecular complexity index is 1340. The molecule has 2 aliphatic rings. The normalized spacial score (nSPS) is 17.0. The number of para-hydroxylation sites is 1. The average molecular weight is 463 g/mol. The van der Waals surface area contributed by atoms with E-state index in [4.69, 9.17) is 26.4 Å². The third kappa shape index (κ3) is 3.85. The summed E-state index contributed by atoms with van der Waals surface area (Å²) in [4.78, 5) is 18.1. The molecule has 2 heterocycles. The predicted octanol–water partition coefficient (Wildman–Crippen LogP) is 3.43. The van der Waals surface area contributed by atoms with E-state index in [9.17, 15) is 4.79 Å².